The van der Waals surface area contributed by atoms with E-state index in [2.05, 4.69) is 20.6 Å². The van der Waals surface area contributed by atoms with Crippen LogP contribution in [0.4, 0.5) is 34.0 Å². The molecule has 9 nitrogen and oxygen atoms in total. The summed E-state index contributed by atoms with van der Waals surface area (Å²) < 4.78 is 79.2. The fraction of sp³-hybridized carbons (Fsp3) is 0.476. The Morgan fingerprint density at radius 1 is 1.20 bits per heavy atom. The van der Waals surface area contributed by atoms with Crippen LogP contribution in [0.15, 0.2) is 35.5 Å². The molecule has 1 saturated carbocycles. The van der Waals surface area contributed by atoms with Crippen LogP contribution in [0.2, 0.25) is 0 Å². The van der Waals surface area contributed by atoms with Crippen molar-refractivity contribution in [1.29, 1.82) is 0 Å². The lowest BCUT2D eigenvalue weighted by molar-refractivity contribution is -0.138. The van der Waals surface area contributed by atoms with Gasteiger partial charge in [0.05, 0.1) is 17.0 Å². The van der Waals surface area contributed by atoms with Crippen molar-refractivity contribution in [3.8, 4) is 0 Å². The Bertz CT molecular complexity index is 1140. The van der Waals surface area contributed by atoms with Crippen molar-refractivity contribution in [2.45, 2.75) is 68.2 Å². The van der Waals surface area contributed by atoms with Gasteiger partial charge in [0.2, 0.25) is 16.0 Å². The summed E-state index contributed by atoms with van der Waals surface area (Å²) in [5.41, 5.74) is 0.813. The van der Waals surface area contributed by atoms with Gasteiger partial charge in [-0.25, -0.2) is 32.7 Å². The minimum Gasteiger partial charge on any atom is -0.446 e. The molecule has 1 heterocycles. The molecule has 35 heavy (non-hydrogen) atoms. The predicted molar refractivity (Wildman–Crippen MR) is 118 cm³/mol. The molecule has 1 aromatic heterocycles. The number of aromatic nitrogens is 2. The van der Waals surface area contributed by atoms with Crippen LogP contribution in [0.5, 0.6) is 0 Å². The van der Waals surface area contributed by atoms with Gasteiger partial charge in [-0.05, 0) is 62.3 Å². The van der Waals surface area contributed by atoms with E-state index in [0.29, 0.717) is 25.7 Å². The number of primary sulfonamides is 1. The van der Waals surface area contributed by atoms with Crippen molar-refractivity contribution >= 4 is 27.8 Å². The Morgan fingerprint density at radius 2 is 1.83 bits per heavy atom. The highest BCUT2D eigenvalue weighted by molar-refractivity contribution is 7.89. The van der Waals surface area contributed by atoms with Crippen LogP contribution in [0.25, 0.3) is 0 Å². The van der Waals surface area contributed by atoms with Gasteiger partial charge in [0.1, 0.15) is 11.9 Å². The summed E-state index contributed by atoms with van der Waals surface area (Å²) in [7, 11) is -4.03. The first-order chi connectivity index (χ1) is 16.3. The van der Waals surface area contributed by atoms with Crippen molar-refractivity contribution in [1.82, 2.24) is 15.3 Å². The van der Waals surface area contributed by atoms with Crippen molar-refractivity contribution in [3.05, 3.63) is 42.0 Å². The number of hydrogen-bond donors (Lipinski definition) is 3. The maximum absolute atomic E-state index is 14.2. The Hall–Kier alpha value is -3.00. The summed E-state index contributed by atoms with van der Waals surface area (Å²) in [6, 6.07) is 2.09. The molecule has 1 aromatic carbocycles. The number of nitrogens with zero attached hydrogens (tertiary/aromatic N) is 2. The molecule has 0 unspecified atom stereocenters. The lowest BCUT2D eigenvalue weighted by Crippen LogP contribution is -2.38. The van der Waals surface area contributed by atoms with E-state index >= 15 is 0 Å². The number of hydrogen-bond acceptors (Lipinski definition) is 7. The van der Waals surface area contributed by atoms with Crippen molar-refractivity contribution in [3.63, 3.8) is 0 Å². The summed E-state index contributed by atoms with van der Waals surface area (Å²) in [5.74, 6) is -0.626. The minimum atomic E-state index is -4.37. The second kappa shape index (κ2) is 10.7. The monoisotopic (exact) mass is 519 g/mol. The minimum absolute atomic E-state index is 0.0226. The molecule has 14 heteroatoms. The molecule has 2 aromatic rings. The van der Waals surface area contributed by atoms with Crippen LogP contribution in [-0.4, -0.2) is 42.8 Å². The fourth-order valence-corrected chi connectivity index (χ4v) is 4.33. The number of benzene rings is 1. The third-order valence-corrected chi connectivity index (χ3v) is 6.42. The van der Waals surface area contributed by atoms with E-state index in [1.807, 2.05) is 0 Å². The first-order valence-corrected chi connectivity index (χ1v) is 12.3. The lowest BCUT2D eigenvalue weighted by atomic mass is 9.84. The lowest BCUT2D eigenvalue weighted by Gasteiger charge is -2.28. The SMILES string of the molecule is C[C@@H](CC(F)(F)F)NC(=O)OC1CCC(c2cnc(Nc3ccc(S(N)(=O)=O)cc3F)nc2)CC1. The number of carbonyl (C=O) groups excluding carboxylic acids is 1. The van der Waals surface area contributed by atoms with Crippen LogP contribution in [-0.2, 0) is 14.8 Å². The quantitative estimate of drug-likeness (QED) is 0.469. The molecule has 0 saturated heterocycles. The number of nitrogens with two attached hydrogens (primary N) is 1. The van der Waals surface area contributed by atoms with Gasteiger partial charge in [0.15, 0.2) is 0 Å². The van der Waals surface area contributed by atoms with Gasteiger partial charge in [-0.2, -0.15) is 13.2 Å². The van der Waals surface area contributed by atoms with Gasteiger partial charge in [0, 0.05) is 18.4 Å². The average Bonchev–Trinajstić information content (AvgIpc) is 2.74. The number of amides is 1. The second-order valence-corrected chi connectivity index (χ2v) is 9.96. The highest BCUT2D eigenvalue weighted by Crippen LogP contribution is 2.34. The Morgan fingerprint density at radius 3 is 2.37 bits per heavy atom. The van der Waals surface area contributed by atoms with Crippen LogP contribution >= 0.6 is 0 Å². The zero-order valence-electron chi connectivity index (χ0n) is 18.7. The number of rotatable bonds is 7. The van der Waals surface area contributed by atoms with E-state index in [9.17, 15) is 30.8 Å². The van der Waals surface area contributed by atoms with Gasteiger partial charge in [-0.15, -0.1) is 0 Å². The normalized spacial score (nSPS) is 19.6. The third-order valence-electron chi connectivity index (χ3n) is 5.51. The smallest absolute Gasteiger partial charge is 0.407 e. The Kier molecular flexibility index (Phi) is 8.15. The summed E-state index contributed by atoms with van der Waals surface area (Å²) in [6.45, 7) is 1.26. The van der Waals surface area contributed by atoms with E-state index in [4.69, 9.17) is 9.88 Å². The molecule has 4 N–H and O–H groups in total. The molecular formula is C21H25F4N5O4S. The number of carbonyl (C=O) groups is 1. The third kappa shape index (κ3) is 8.02. The molecule has 0 bridgehead atoms. The highest BCUT2D eigenvalue weighted by atomic mass is 32.2. The molecule has 1 aliphatic carbocycles. The number of alkyl carbamates (subject to hydrolysis) is 1. The zero-order chi connectivity index (χ0) is 25.8. The largest absolute Gasteiger partial charge is 0.446 e. The summed E-state index contributed by atoms with van der Waals surface area (Å²) in [4.78, 5) is 19.8. The van der Waals surface area contributed by atoms with Crippen LogP contribution in [0.1, 0.15) is 50.5 Å². The van der Waals surface area contributed by atoms with E-state index in [1.165, 1.54) is 13.0 Å². The molecule has 0 aliphatic heterocycles. The Balaban J connectivity index is 1.49. The molecule has 0 radical (unpaired) electrons. The van der Waals surface area contributed by atoms with Gasteiger partial charge in [-0.1, -0.05) is 0 Å². The molecule has 1 aliphatic rings. The van der Waals surface area contributed by atoms with E-state index in [0.717, 1.165) is 17.7 Å². The average molecular weight is 520 g/mol. The van der Waals surface area contributed by atoms with Gasteiger partial charge < -0.3 is 15.4 Å². The van der Waals surface area contributed by atoms with Crippen molar-refractivity contribution < 1.29 is 35.5 Å². The molecular weight excluding hydrogens is 494 g/mol. The topological polar surface area (TPSA) is 136 Å². The number of ether oxygens (including phenoxy) is 1. The number of anilines is 2. The summed E-state index contributed by atoms with van der Waals surface area (Å²) in [6.07, 6.45) is -1.20. The number of halogens is 4. The van der Waals surface area contributed by atoms with Gasteiger partial charge in [0.25, 0.3) is 0 Å². The number of sulfonamides is 1. The second-order valence-electron chi connectivity index (χ2n) is 8.40. The van der Waals surface area contributed by atoms with Crippen LogP contribution in [0.3, 0.4) is 0 Å². The standard InChI is InChI=1S/C21H25F4N5O4S/c1-12(9-21(23,24)25)29-20(31)34-15-4-2-13(3-5-15)14-10-27-19(28-11-14)30-18-7-6-16(8-17(18)22)35(26,32)33/h6-8,10-13,15H,2-5,9H2,1H3,(H,29,31)(H2,26,32,33)(H,27,28,30)/t12-,13?,15?/m0/s1. The number of nitrogens with one attached hydrogen (secondary N) is 2. The fourth-order valence-electron chi connectivity index (χ4n) is 3.81. The predicted octanol–water partition coefficient (Wildman–Crippen LogP) is 4.10. The molecule has 192 valence electrons. The maximum atomic E-state index is 14.2. The molecule has 1 fully saturated rings. The van der Waals surface area contributed by atoms with E-state index in [1.54, 1.807) is 12.4 Å². The maximum Gasteiger partial charge on any atom is 0.407 e. The first kappa shape index (κ1) is 26.6. The van der Waals surface area contributed by atoms with Crippen LogP contribution < -0.4 is 15.8 Å². The molecule has 3 rings (SSSR count). The van der Waals surface area contributed by atoms with Crippen molar-refractivity contribution in [2.75, 3.05) is 5.32 Å². The number of alkyl halides is 3. The molecule has 1 amide bonds. The van der Waals surface area contributed by atoms with Crippen LogP contribution in [0, 0.1) is 5.82 Å². The van der Waals surface area contributed by atoms with Gasteiger partial charge >= 0.3 is 12.3 Å². The highest BCUT2D eigenvalue weighted by Gasteiger charge is 2.31. The van der Waals surface area contributed by atoms with Gasteiger partial charge in [-0.3, -0.25) is 0 Å². The Labute approximate surface area is 199 Å². The van der Waals surface area contributed by atoms with E-state index in [-0.39, 0.29) is 22.4 Å². The summed E-state index contributed by atoms with van der Waals surface area (Å²) in [5, 5.41) is 9.85. The summed E-state index contributed by atoms with van der Waals surface area (Å²) >= 11 is 0. The van der Waals surface area contributed by atoms with E-state index < -0.39 is 46.7 Å². The molecule has 0 spiro atoms. The zero-order valence-corrected chi connectivity index (χ0v) is 19.5. The first-order valence-electron chi connectivity index (χ1n) is 10.8. The van der Waals surface area contributed by atoms with Crippen molar-refractivity contribution in [2.24, 2.45) is 5.14 Å². The molecule has 1 atom stereocenters.